The highest BCUT2D eigenvalue weighted by Crippen LogP contribution is 2.21. The van der Waals surface area contributed by atoms with Crippen molar-refractivity contribution in [2.75, 3.05) is 26.2 Å². The fourth-order valence-corrected chi connectivity index (χ4v) is 3.40. The van der Waals surface area contributed by atoms with E-state index in [4.69, 9.17) is 8.94 Å². The van der Waals surface area contributed by atoms with Gasteiger partial charge in [0.05, 0.1) is 6.26 Å². The van der Waals surface area contributed by atoms with E-state index in [0.29, 0.717) is 43.4 Å². The van der Waals surface area contributed by atoms with Crippen LogP contribution in [0.4, 0.5) is 0 Å². The maximum atomic E-state index is 12.5. The minimum atomic E-state index is 0.0285. The smallest absolute Gasteiger partial charge is 0.238 e. The number of nitrogens with zero attached hydrogens (tertiary/aromatic N) is 4. The lowest BCUT2D eigenvalue weighted by atomic mass is 9.95. The lowest BCUT2D eigenvalue weighted by Gasteiger charge is -2.33. The predicted molar refractivity (Wildman–Crippen MR) is 97.6 cm³/mol. The van der Waals surface area contributed by atoms with Crippen molar-refractivity contribution in [2.45, 2.75) is 39.5 Å². The van der Waals surface area contributed by atoms with Crippen molar-refractivity contribution in [1.82, 2.24) is 19.9 Å². The van der Waals surface area contributed by atoms with E-state index >= 15 is 0 Å². The zero-order valence-corrected chi connectivity index (χ0v) is 15.9. The Morgan fingerprint density at radius 1 is 1.26 bits per heavy atom. The Kier molecular flexibility index (Phi) is 6.26. The van der Waals surface area contributed by atoms with Crippen LogP contribution in [0.25, 0.3) is 11.6 Å². The van der Waals surface area contributed by atoms with Gasteiger partial charge in [0.1, 0.15) is 0 Å². The normalized spacial score (nSPS) is 15.1. The summed E-state index contributed by atoms with van der Waals surface area (Å²) >= 11 is 0. The standard InChI is InChI=1S/C19H26N4O4/c1-3-22(4-2)19(25)14-9-11-23(12-10-14)17(24)8-7-16-20-18(21-27-16)15-6-5-13-26-15/h5-6,13-14H,3-4,7-12H2,1-2H3. The summed E-state index contributed by atoms with van der Waals surface area (Å²) in [4.78, 5) is 32.8. The molecule has 3 heterocycles. The number of hydrogen-bond acceptors (Lipinski definition) is 6. The van der Waals surface area contributed by atoms with Crippen molar-refractivity contribution in [3.05, 3.63) is 24.3 Å². The SMILES string of the molecule is CCN(CC)C(=O)C1CCN(C(=O)CCc2nc(-c3ccco3)no2)CC1. The Labute approximate surface area is 158 Å². The summed E-state index contributed by atoms with van der Waals surface area (Å²) in [6.45, 7) is 6.71. The molecule has 8 heteroatoms. The lowest BCUT2D eigenvalue weighted by Crippen LogP contribution is -2.44. The van der Waals surface area contributed by atoms with E-state index < -0.39 is 0 Å². The van der Waals surface area contributed by atoms with Gasteiger partial charge >= 0.3 is 0 Å². The third-order valence-corrected chi connectivity index (χ3v) is 5.03. The third-order valence-electron chi connectivity index (χ3n) is 5.03. The molecule has 0 saturated carbocycles. The molecule has 0 aliphatic carbocycles. The van der Waals surface area contributed by atoms with Gasteiger partial charge < -0.3 is 18.7 Å². The Morgan fingerprint density at radius 3 is 2.63 bits per heavy atom. The van der Waals surface area contributed by atoms with Crippen LogP contribution < -0.4 is 0 Å². The van der Waals surface area contributed by atoms with Crippen molar-refractivity contribution in [1.29, 1.82) is 0 Å². The number of amides is 2. The number of rotatable bonds is 7. The number of piperidine rings is 1. The number of likely N-dealkylation sites (tertiary alicyclic amines) is 1. The lowest BCUT2D eigenvalue weighted by molar-refractivity contribution is -0.140. The first-order valence-corrected chi connectivity index (χ1v) is 9.55. The maximum absolute atomic E-state index is 12.5. The van der Waals surface area contributed by atoms with E-state index in [1.54, 1.807) is 18.4 Å². The highest BCUT2D eigenvalue weighted by atomic mass is 16.5. The topological polar surface area (TPSA) is 92.7 Å². The Hall–Kier alpha value is -2.64. The molecule has 2 aromatic heterocycles. The molecule has 0 spiro atoms. The van der Waals surface area contributed by atoms with Crippen molar-refractivity contribution in [3.8, 4) is 11.6 Å². The van der Waals surface area contributed by atoms with Crippen LogP contribution in [-0.4, -0.2) is 57.9 Å². The van der Waals surface area contributed by atoms with Crippen LogP contribution >= 0.6 is 0 Å². The number of furan rings is 1. The molecule has 1 aliphatic heterocycles. The predicted octanol–water partition coefficient (Wildman–Crippen LogP) is 2.37. The van der Waals surface area contributed by atoms with Crippen molar-refractivity contribution < 1.29 is 18.5 Å². The summed E-state index contributed by atoms with van der Waals surface area (Å²) in [5.41, 5.74) is 0. The fraction of sp³-hybridized carbons (Fsp3) is 0.579. The minimum Gasteiger partial charge on any atom is -0.461 e. The number of aromatic nitrogens is 2. The Morgan fingerprint density at radius 2 is 2.00 bits per heavy atom. The molecule has 27 heavy (non-hydrogen) atoms. The highest BCUT2D eigenvalue weighted by Gasteiger charge is 2.29. The average molecular weight is 374 g/mol. The monoisotopic (exact) mass is 374 g/mol. The number of carbonyl (C=O) groups is 2. The molecular formula is C19H26N4O4. The van der Waals surface area contributed by atoms with Crippen LogP contribution in [0.3, 0.4) is 0 Å². The zero-order valence-electron chi connectivity index (χ0n) is 15.9. The average Bonchev–Trinajstić information content (AvgIpc) is 3.38. The van der Waals surface area contributed by atoms with Crippen LogP contribution in [0.1, 0.15) is 39.0 Å². The quantitative estimate of drug-likeness (QED) is 0.739. The summed E-state index contributed by atoms with van der Waals surface area (Å²) in [5, 5.41) is 3.86. The Balaban J connectivity index is 1.45. The Bertz CT molecular complexity index is 744. The fourth-order valence-electron chi connectivity index (χ4n) is 3.40. The molecule has 1 saturated heterocycles. The summed E-state index contributed by atoms with van der Waals surface area (Å²) in [5.74, 6) is 1.64. The van der Waals surface area contributed by atoms with Crippen molar-refractivity contribution in [3.63, 3.8) is 0 Å². The van der Waals surface area contributed by atoms with Gasteiger partial charge in [-0.2, -0.15) is 4.98 Å². The van der Waals surface area contributed by atoms with Crippen molar-refractivity contribution >= 4 is 11.8 Å². The van der Waals surface area contributed by atoms with Crippen molar-refractivity contribution in [2.24, 2.45) is 5.92 Å². The molecule has 0 unspecified atom stereocenters. The second kappa shape index (κ2) is 8.83. The van der Waals surface area contributed by atoms with Crippen LogP contribution in [-0.2, 0) is 16.0 Å². The van der Waals surface area contributed by atoms with E-state index in [9.17, 15) is 9.59 Å². The molecule has 0 aromatic carbocycles. The molecule has 3 rings (SSSR count). The first-order chi connectivity index (χ1) is 13.1. The van der Waals surface area contributed by atoms with E-state index in [1.807, 2.05) is 23.6 Å². The number of carbonyl (C=O) groups excluding carboxylic acids is 2. The molecule has 0 N–H and O–H groups in total. The second-order valence-electron chi connectivity index (χ2n) is 6.65. The molecule has 1 fully saturated rings. The molecule has 0 radical (unpaired) electrons. The zero-order chi connectivity index (χ0) is 19.2. The minimum absolute atomic E-state index is 0.0285. The first-order valence-electron chi connectivity index (χ1n) is 9.55. The van der Waals surface area contributed by atoms with Gasteiger partial charge in [-0.3, -0.25) is 9.59 Å². The van der Waals surface area contributed by atoms with Gasteiger partial charge in [0.2, 0.25) is 23.5 Å². The molecule has 1 aliphatic rings. The summed E-state index contributed by atoms with van der Waals surface area (Å²) in [6.07, 6.45) is 3.71. The molecule has 8 nitrogen and oxygen atoms in total. The van der Waals surface area contributed by atoms with Gasteiger partial charge in [-0.25, -0.2) is 0 Å². The van der Waals surface area contributed by atoms with Gasteiger partial charge in [-0.15, -0.1) is 0 Å². The molecule has 146 valence electrons. The van der Waals surface area contributed by atoms with Crippen LogP contribution in [0.15, 0.2) is 27.3 Å². The molecular weight excluding hydrogens is 348 g/mol. The van der Waals surface area contributed by atoms with Crippen LogP contribution in [0, 0.1) is 5.92 Å². The summed E-state index contributed by atoms with van der Waals surface area (Å²) in [6, 6.07) is 3.51. The molecule has 0 atom stereocenters. The van der Waals surface area contributed by atoms with E-state index in [1.165, 1.54) is 0 Å². The second-order valence-corrected chi connectivity index (χ2v) is 6.65. The number of hydrogen-bond donors (Lipinski definition) is 0. The molecule has 0 bridgehead atoms. The van der Waals surface area contributed by atoms with Gasteiger partial charge in [0, 0.05) is 44.9 Å². The summed E-state index contributed by atoms with van der Waals surface area (Å²) < 4.78 is 10.4. The third kappa shape index (κ3) is 4.56. The van der Waals surface area contributed by atoms with Gasteiger partial charge in [0.25, 0.3) is 0 Å². The van der Waals surface area contributed by atoms with E-state index in [-0.39, 0.29) is 17.7 Å². The van der Waals surface area contributed by atoms with E-state index in [0.717, 1.165) is 25.9 Å². The molecule has 2 aromatic rings. The molecule has 2 amide bonds. The highest BCUT2D eigenvalue weighted by molar-refractivity contribution is 5.80. The van der Waals surface area contributed by atoms with E-state index in [2.05, 4.69) is 10.1 Å². The largest absolute Gasteiger partial charge is 0.461 e. The van der Waals surface area contributed by atoms with Gasteiger partial charge in [-0.05, 0) is 38.8 Å². The number of aryl methyl sites for hydroxylation is 1. The van der Waals surface area contributed by atoms with Crippen LogP contribution in [0.2, 0.25) is 0 Å². The first kappa shape index (κ1) is 19.1. The van der Waals surface area contributed by atoms with Gasteiger partial charge in [0.15, 0.2) is 5.76 Å². The van der Waals surface area contributed by atoms with Gasteiger partial charge in [-0.1, -0.05) is 5.16 Å². The van der Waals surface area contributed by atoms with Crippen LogP contribution in [0.5, 0.6) is 0 Å². The summed E-state index contributed by atoms with van der Waals surface area (Å²) in [7, 11) is 0. The maximum Gasteiger partial charge on any atom is 0.238 e.